The molecule has 0 fully saturated rings. The summed E-state index contributed by atoms with van der Waals surface area (Å²) in [5.41, 5.74) is 0.582. The van der Waals surface area contributed by atoms with Gasteiger partial charge in [0, 0.05) is 13.0 Å². The summed E-state index contributed by atoms with van der Waals surface area (Å²) in [7, 11) is -3.53. The molecular weight excluding hydrogens is 278 g/mol. The Morgan fingerprint density at radius 1 is 1.50 bits per heavy atom. The molecule has 0 amide bonds. The fourth-order valence-electron chi connectivity index (χ4n) is 1.25. The molecule has 0 atom stereocenters. The quantitative estimate of drug-likeness (QED) is 0.784. The second-order valence-electron chi connectivity index (χ2n) is 3.43. The van der Waals surface area contributed by atoms with Crippen molar-refractivity contribution in [2.24, 2.45) is 0 Å². The third-order valence-electron chi connectivity index (χ3n) is 2.12. The van der Waals surface area contributed by atoms with Gasteiger partial charge in [-0.2, -0.15) is 4.98 Å². The topological polar surface area (TPSA) is 105 Å². The third kappa shape index (κ3) is 3.13. The zero-order valence-electron chi connectivity index (χ0n) is 9.24. The lowest BCUT2D eigenvalue weighted by molar-refractivity contribution is 0.282. The van der Waals surface area contributed by atoms with E-state index in [-0.39, 0.29) is 17.4 Å². The van der Waals surface area contributed by atoms with Crippen molar-refractivity contribution in [2.45, 2.75) is 17.2 Å². The first-order valence-electron chi connectivity index (χ1n) is 5.05. The fourth-order valence-corrected chi connectivity index (χ4v) is 3.52. The average Bonchev–Trinajstić information content (AvgIpc) is 2.99. The number of aliphatic hydroxyl groups excluding tert-OH is 1. The van der Waals surface area contributed by atoms with Crippen molar-refractivity contribution in [1.29, 1.82) is 0 Å². The maximum Gasteiger partial charge on any atom is 0.250 e. The Morgan fingerprint density at radius 3 is 2.94 bits per heavy atom. The second-order valence-corrected chi connectivity index (χ2v) is 6.33. The first kappa shape index (κ1) is 13.1. The number of hydrogen-bond acceptors (Lipinski definition) is 7. The molecule has 0 radical (unpaired) electrons. The lowest BCUT2D eigenvalue weighted by Crippen LogP contribution is -2.25. The summed E-state index contributed by atoms with van der Waals surface area (Å²) >= 11 is 1.07. The summed E-state index contributed by atoms with van der Waals surface area (Å²) < 4.78 is 30.8. The summed E-state index contributed by atoms with van der Waals surface area (Å²) in [5, 5.41) is 14.1. The molecule has 0 saturated heterocycles. The van der Waals surface area contributed by atoms with E-state index in [1.165, 1.54) is 12.5 Å². The van der Waals surface area contributed by atoms with Gasteiger partial charge in [0.25, 0.3) is 0 Å². The number of aliphatic hydroxyl groups is 1. The maximum atomic E-state index is 11.8. The molecule has 0 spiro atoms. The van der Waals surface area contributed by atoms with E-state index in [0.717, 1.165) is 11.3 Å². The van der Waals surface area contributed by atoms with Crippen LogP contribution in [0.2, 0.25) is 0 Å². The van der Waals surface area contributed by atoms with Gasteiger partial charge < -0.3 is 9.63 Å². The van der Waals surface area contributed by atoms with E-state index in [1.807, 2.05) is 0 Å². The molecule has 2 aromatic heterocycles. The van der Waals surface area contributed by atoms with Crippen LogP contribution in [0.5, 0.6) is 0 Å². The number of thiophene rings is 1. The van der Waals surface area contributed by atoms with E-state index in [0.29, 0.717) is 17.8 Å². The lowest BCUT2D eigenvalue weighted by Gasteiger charge is -2.02. The van der Waals surface area contributed by atoms with Crippen molar-refractivity contribution in [3.63, 3.8) is 0 Å². The zero-order chi connectivity index (χ0) is 13.0. The number of nitrogens with one attached hydrogen (secondary N) is 1. The molecule has 0 aliphatic carbocycles. The summed E-state index contributed by atoms with van der Waals surface area (Å²) in [6.07, 6.45) is 1.55. The first-order valence-corrected chi connectivity index (χ1v) is 7.41. The smallest absolute Gasteiger partial charge is 0.250 e. The van der Waals surface area contributed by atoms with Crippen LogP contribution in [0.25, 0.3) is 0 Å². The molecule has 98 valence electrons. The van der Waals surface area contributed by atoms with Crippen LogP contribution in [0.3, 0.4) is 0 Å². The summed E-state index contributed by atoms with van der Waals surface area (Å²) in [5.74, 6) is 0.444. The van der Waals surface area contributed by atoms with Gasteiger partial charge in [-0.1, -0.05) is 5.16 Å². The third-order valence-corrected chi connectivity index (χ3v) is 5.07. The molecule has 0 aliphatic rings. The number of rotatable bonds is 6. The number of nitrogens with zero attached hydrogens (tertiary/aromatic N) is 2. The number of aromatic nitrogens is 2. The van der Waals surface area contributed by atoms with Crippen LogP contribution in [0.15, 0.2) is 26.6 Å². The van der Waals surface area contributed by atoms with E-state index in [9.17, 15) is 8.42 Å². The molecule has 2 rings (SSSR count). The van der Waals surface area contributed by atoms with Crippen molar-refractivity contribution < 1.29 is 18.0 Å². The molecule has 0 unspecified atom stereocenters. The minimum atomic E-state index is -3.53. The summed E-state index contributed by atoms with van der Waals surface area (Å²) in [6, 6.07) is 1.45. The zero-order valence-corrected chi connectivity index (χ0v) is 10.9. The molecule has 7 nitrogen and oxygen atoms in total. The van der Waals surface area contributed by atoms with Gasteiger partial charge >= 0.3 is 0 Å². The first-order chi connectivity index (χ1) is 8.62. The van der Waals surface area contributed by atoms with Crippen LogP contribution in [0.1, 0.15) is 11.4 Å². The molecule has 0 bridgehead atoms. The van der Waals surface area contributed by atoms with Gasteiger partial charge in [0.2, 0.25) is 16.4 Å². The summed E-state index contributed by atoms with van der Waals surface area (Å²) in [6.45, 7) is 0.0170. The molecule has 9 heteroatoms. The minimum absolute atomic E-state index is 0.172. The monoisotopic (exact) mass is 289 g/mol. The van der Waals surface area contributed by atoms with Gasteiger partial charge in [-0.3, -0.25) is 0 Å². The molecule has 0 saturated carbocycles. The Balaban J connectivity index is 1.95. The van der Waals surface area contributed by atoms with Gasteiger partial charge in [0.15, 0.2) is 5.82 Å². The van der Waals surface area contributed by atoms with Crippen LogP contribution in [0.4, 0.5) is 0 Å². The molecule has 18 heavy (non-hydrogen) atoms. The molecule has 2 heterocycles. The van der Waals surface area contributed by atoms with Gasteiger partial charge in [-0.25, -0.2) is 13.1 Å². The minimum Gasteiger partial charge on any atom is -0.392 e. The average molecular weight is 289 g/mol. The predicted molar refractivity (Wildman–Crippen MR) is 63.4 cm³/mol. The van der Waals surface area contributed by atoms with Gasteiger partial charge in [0.05, 0.1) is 6.61 Å². The molecule has 2 N–H and O–H groups in total. The van der Waals surface area contributed by atoms with E-state index in [4.69, 9.17) is 5.11 Å². The lowest BCUT2D eigenvalue weighted by atomic mass is 10.4. The number of sulfonamides is 1. The van der Waals surface area contributed by atoms with Crippen molar-refractivity contribution in [2.75, 3.05) is 6.54 Å². The predicted octanol–water partition coefficient (Wildman–Crippen LogP) is 0.144. The second kappa shape index (κ2) is 5.57. The highest BCUT2D eigenvalue weighted by molar-refractivity contribution is 7.91. The van der Waals surface area contributed by atoms with Gasteiger partial charge in [-0.05, 0) is 17.0 Å². The van der Waals surface area contributed by atoms with Crippen LogP contribution < -0.4 is 4.72 Å². The van der Waals surface area contributed by atoms with E-state index in [2.05, 4.69) is 19.4 Å². The van der Waals surface area contributed by atoms with E-state index < -0.39 is 10.0 Å². The van der Waals surface area contributed by atoms with Crippen molar-refractivity contribution >= 4 is 21.4 Å². The number of hydrogen-bond donors (Lipinski definition) is 2. The van der Waals surface area contributed by atoms with E-state index in [1.54, 1.807) is 5.38 Å². The van der Waals surface area contributed by atoms with Crippen molar-refractivity contribution in [1.82, 2.24) is 14.9 Å². The van der Waals surface area contributed by atoms with E-state index >= 15 is 0 Å². The van der Waals surface area contributed by atoms with Crippen molar-refractivity contribution in [3.8, 4) is 0 Å². The Labute approximate surface area is 108 Å². The van der Waals surface area contributed by atoms with Crippen molar-refractivity contribution in [3.05, 3.63) is 29.2 Å². The van der Waals surface area contributed by atoms with Crippen LogP contribution in [-0.4, -0.2) is 30.2 Å². The van der Waals surface area contributed by atoms with Crippen LogP contribution in [0, 0.1) is 0 Å². The normalized spacial score (nSPS) is 11.8. The van der Waals surface area contributed by atoms with Crippen LogP contribution >= 0.6 is 11.3 Å². The summed E-state index contributed by atoms with van der Waals surface area (Å²) in [4.78, 5) is 3.78. The SMILES string of the molecule is O=S(=O)(NCCc1ncon1)c1cc(CO)cs1. The Bertz CT molecular complexity index is 591. The Morgan fingerprint density at radius 2 is 2.33 bits per heavy atom. The maximum absolute atomic E-state index is 11.8. The standard InChI is InChI=1S/C9H11N3O4S2/c13-4-7-3-9(17-5-7)18(14,15)11-2-1-8-10-6-16-12-8/h3,5-6,11,13H,1-2,4H2. The highest BCUT2D eigenvalue weighted by Crippen LogP contribution is 2.19. The largest absolute Gasteiger partial charge is 0.392 e. The Hall–Kier alpha value is -1.29. The fraction of sp³-hybridized carbons (Fsp3) is 0.333. The highest BCUT2D eigenvalue weighted by Gasteiger charge is 2.16. The molecule has 2 aromatic rings. The Kier molecular flexibility index (Phi) is 4.07. The molecule has 0 aromatic carbocycles. The van der Waals surface area contributed by atoms with Crippen LogP contribution in [-0.2, 0) is 23.1 Å². The van der Waals surface area contributed by atoms with Gasteiger partial charge in [-0.15, -0.1) is 11.3 Å². The molecule has 0 aliphatic heterocycles. The van der Waals surface area contributed by atoms with Gasteiger partial charge in [0.1, 0.15) is 4.21 Å². The molecular formula is C9H11N3O4S2. The highest BCUT2D eigenvalue weighted by atomic mass is 32.2.